The standard InChI is InChI=1S/C16H18N4O3.Na/c1-10(2)16(15(22)23)9-13(16)14(21)19-11-4-3-5-12(8-11)20-17-6-7-18-20;/h3-8,10,13H,9H2,1-2H3,(H,19,21)(H,22,23);/q;+1/p-1. The van der Waals surface area contributed by atoms with Crippen molar-refractivity contribution in [2.45, 2.75) is 20.3 Å². The van der Waals surface area contributed by atoms with E-state index in [1.807, 2.05) is 6.07 Å². The maximum absolute atomic E-state index is 12.4. The molecule has 0 aliphatic heterocycles. The summed E-state index contributed by atoms with van der Waals surface area (Å²) in [6.45, 7) is 3.60. The molecular formula is C16H17N4NaO3. The summed E-state index contributed by atoms with van der Waals surface area (Å²) in [6, 6.07) is 7.06. The number of carboxylic acids is 1. The average Bonchev–Trinajstić information content (AvgIpc) is 3.07. The molecule has 1 aromatic carbocycles. The van der Waals surface area contributed by atoms with E-state index in [0.717, 1.165) is 0 Å². The predicted molar refractivity (Wildman–Crippen MR) is 80.4 cm³/mol. The minimum atomic E-state index is -1.15. The van der Waals surface area contributed by atoms with Crippen LogP contribution < -0.4 is 40.0 Å². The molecule has 0 bridgehead atoms. The number of anilines is 1. The molecule has 2 aromatic rings. The predicted octanol–water partition coefficient (Wildman–Crippen LogP) is -2.38. The zero-order valence-corrected chi connectivity index (χ0v) is 15.9. The van der Waals surface area contributed by atoms with Crippen LogP contribution in [-0.2, 0) is 9.59 Å². The van der Waals surface area contributed by atoms with Crippen molar-refractivity contribution in [1.82, 2.24) is 15.0 Å². The first kappa shape index (κ1) is 18.6. The SMILES string of the molecule is CC(C)C1(C(=O)[O-])CC1C(=O)Nc1cccc(-n2nccn2)c1.[Na+]. The minimum absolute atomic E-state index is 0. The number of hydrogen-bond donors (Lipinski definition) is 1. The van der Waals surface area contributed by atoms with E-state index < -0.39 is 17.3 Å². The number of carboxylic acid groups (broad SMARTS) is 1. The number of benzene rings is 1. The fraction of sp³-hybridized carbons (Fsp3) is 0.375. The van der Waals surface area contributed by atoms with Gasteiger partial charge in [0.25, 0.3) is 0 Å². The Kier molecular flexibility index (Phi) is 5.47. The van der Waals surface area contributed by atoms with Crippen molar-refractivity contribution < 1.29 is 44.3 Å². The fourth-order valence-electron chi connectivity index (χ4n) is 2.99. The fourth-order valence-corrected chi connectivity index (χ4v) is 2.99. The van der Waals surface area contributed by atoms with E-state index in [2.05, 4.69) is 15.5 Å². The molecule has 1 aromatic heterocycles. The second-order valence-electron chi connectivity index (χ2n) is 6.10. The number of carbonyl (C=O) groups excluding carboxylic acids is 2. The van der Waals surface area contributed by atoms with Crippen LogP contribution in [0.15, 0.2) is 36.7 Å². The van der Waals surface area contributed by atoms with E-state index in [-0.39, 0.29) is 41.4 Å². The van der Waals surface area contributed by atoms with Gasteiger partial charge in [-0.3, -0.25) is 4.79 Å². The van der Waals surface area contributed by atoms with Crippen molar-refractivity contribution in [2.75, 3.05) is 5.32 Å². The average molecular weight is 336 g/mol. The van der Waals surface area contributed by atoms with Gasteiger partial charge in [0.2, 0.25) is 5.91 Å². The molecule has 0 saturated heterocycles. The van der Waals surface area contributed by atoms with Crippen molar-refractivity contribution in [3.05, 3.63) is 36.7 Å². The molecular weight excluding hydrogens is 319 g/mol. The van der Waals surface area contributed by atoms with Gasteiger partial charge in [0, 0.05) is 17.1 Å². The Labute approximate surface area is 161 Å². The van der Waals surface area contributed by atoms with Gasteiger partial charge in [-0.2, -0.15) is 15.0 Å². The largest absolute Gasteiger partial charge is 1.00 e. The summed E-state index contributed by atoms with van der Waals surface area (Å²) in [5.74, 6) is -2.16. The van der Waals surface area contributed by atoms with Crippen molar-refractivity contribution >= 4 is 17.6 Å². The first-order chi connectivity index (χ1) is 10.9. The quantitative estimate of drug-likeness (QED) is 0.615. The molecule has 1 aliphatic rings. The Balaban J connectivity index is 0.00000208. The van der Waals surface area contributed by atoms with Gasteiger partial charge < -0.3 is 15.2 Å². The van der Waals surface area contributed by atoms with Gasteiger partial charge in [-0.1, -0.05) is 19.9 Å². The summed E-state index contributed by atoms with van der Waals surface area (Å²) in [5.41, 5.74) is 0.233. The van der Waals surface area contributed by atoms with Crippen molar-refractivity contribution in [3.8, 4) is 5.69 Å². The number of hydrogen-bond acceptors (Lipinski definition) is 5. The third-order valence-electron chi connectivity index (χ3n) is 4.49. The summed E-state index contributed by atoms with van der Waals surface area (Å²) in [4.78, 5) is 25.2. The van der Waals surface area contributed by atoms with Gasteiger partial charge in [0.15, 0.2) is 0 Å². The Morgan fingerprint density at radius 2 is 2.00 bits per heavy atom. The molecule has 8 heteroatoms. The summed E-state index contributed by atoms with van der Waals surface area (Å²) in [7, 11) is 0. The Morgan fingerprint density at radius 1 is 1.33 bits per heavy atom. The van der Waals surface area contributed by atoms with E-state index in [1.54, 1.807) is 44.4 Å². The van der Waals surface area contributed by atoms with Gasteiger partial charge in [-0.25, -0.2) is 0 Å². The molecule has 24 heavy (non-hydrogen) atoms. The Bertz CT molecular complexity index is 748. The summed E-state index contributed by atoms with van der Waals surface area (Å²) in [6.07, 6.45) is 3.44. The van der Waals surface area contributed by atoms with Crippen LogP contribution in [0.25, 0.3) is 5.69 Å². The molecule has 1 aliphatic carbocycles. The van der Waals surface area contributed by atoms with Crippen LogP contribution in [0.2, 0.25) is 0 Å². The second kappa shape index (κ2) is 7.04. The first-order valence-corrected chi connectivity index (χ1v) is 7.44. The number of nitrogens with zero attached hydrogens (tertiary/aromatic N) is 3. The van der Waals surface area contributed by atoms with Gasteiger partial charge in [-0.05, 0) is 30.5 Å². The molecule has 0 spiro atoms. The van der Waals surface area contributed by atoms with Crippen LogP contribution in [0.3, 0.4) is 0 Å². The minimum Gasteiger partial charge on any atom is -0.550 e. The van der Waals surface area contributed by atoms with E-state index >= 15 is 0 Å². The summed E-state index contributed by atoms with van der Waals surface area (Å²) >= 11 is 0. The molecule has 2 unspecified atom stereocenters. The molecule has 1 fully saturated rings. The zero-order valence-electron chi connectivity index (χ0n) is 13.9. The normalized spacial score (nSPS) is 21.9. The smallest absolute Gasteiger partial charge is 0.550 e. The monoisotopic (exact) mass is 336 g/mol. The van der Waals surface area contributed by atoms with Gasteiger partial charge in [0.05, 0.1) is 24.0 Å². The third kappa shape index (κ3) is 3.24. The maximum atomic E-state index is 12.4. The number of aliphatic carboxylic acids is 1. The summed E-state index contributed by atoms with van der Waals surface area (Å²) in [5, 5.41) is 22.2. The van der Waals surface area contributed by atoms with Gasteiger partial charge in [-0.15, -0.1) is 0 Å². The molecule has 1 heterocycles. The number of nitrogens with one attached hydrogen (secondary N) is 1. The number of aromatic nitrogens is 3. The van der Waals surface area contributed by atoms with Crippen LogP contribution in [0.5, 0.6) is 0 Å². The Hall–Kier alpha value is -1.70. The van der Waals surface area contributed by atoms with Crippen LogP contribution in [0, 0.1) is 17.3 Å². The first-order valence-electron chi connectivity index (χ1n) is 7.44. The summed E-state index contributed by atoms with van der Waals surface area (Å²) < 4.78 is 0. The number of amides is 1. The number of rotatable bonds is 5. The van der Waals surface area contributed by atoms with Crippen LogP contribution >= 0.6 is 0 Å². The van der Waals surface area contributed by atoms with Crippen molar-refractivity contribution in [2.24, 2.45) is 17.3 Å². The van der Waals surface area contributed by atoms with Crippen molar-refractivity contribution in [1.29, 1.82) is 0 Å². The molecule has 1 amide bonds. The van der Waals surface area contributed by atoms with E-state index in [0.29, 0.717) is 17.8 Å². The molecule has 1 N–H and O–H groups in total. The molecule has 1 saturated carbocycles. The molecule has 7 nitrogen and oxygen atoms in total. The van der Waals surface area contributed by atoms with E-state index in [4.69, 9.17) is 0 Å². The molecule has 120 valence electrons. The molecule has 3 rings (SSSR count). The van der Waals surface area contributed by atoms with Crippen molar-refractivity contribution in [3.63, 3.8) is 0 Å². The van der Waals surface area contributed by atoms with Gasteiger partial charge in [0.1, 0.15) is 0 Å². The second-order valence-corrected chi connectivity index (χ2v) is 6.10. The van der Waals surface area contributed by atoms with Crippen LogP contribution in [-0.4, -0.2) is 26.9 Å². The Morgan fingerprint density at radius 3 is 2.54 bits per heavy atom. The van der Waals surface area contributed by atoms with Crippen LogP contribution in [0.1, 0.15) is 20.3 Å². The molecule has 2 atom stereocenters. The topological polar surface area (TPSA) is 99.9 Å². The zero-order chi connectivity index (χ0) is 16.6. The third-order valence-corrected chi connectivity index (χ3v) is 4.49. The van der Waals surface area contributed by atoms with E-state index in [9.17, 15) is 14.7 Å². The van der Waals surface area contributed by atoms with Crippen LogP contribution in [0.4, 0.5) is 5.69 Å². The van der Waals surface area contributed by atoms with Gasteiger partial charge >= 0.3 is 29.6 Å². The molecule has 0 radical (unpaired) electrons. The number of carbonyl (C=O) groups is 2. The maximum Gasteiger partial charge on any atom is 1.00 e. The van der Waals surface area contributed by atoms with E-state index in [1.165, 1.54) is 4.80 Å².